The number of hydrogen-bond donors (Lipinski definition) is 0. The van der Waals surface area contributed by atoms with Crippen molar-refractivity contribution in [3.63, 3.8) is 0 Å². The fourth-order valence-electron chi connectivity index (χ4n) is 2.54. The van der Waals surface area contributed by atoms with Crippen molar-refractivity contribution >= 4 is 17.6 Å². The van der Waals surface area contributed by atoms with E-state index in [1.165, 1.54) is 19.4 Å². The predicted octanol–water partition coefficient (Wildman–Crippen LogP) is 2.99. The minimum atomic E-state index is -0.371. The highest BCUT2D eigenvalue weighted by molar-refractivity contribution is 6.34. The molecule has 0 saturated carbocycles. The van der Waals surface area contributed by atoms with E-state index in [4.69, 9.17) is 9.15 Å². The van der Waals surface area contributed by atoms with Crippen LogP contribution in [0.2, 0.25) is 0 Å². The molecule has 2 aliphatic carbocycles. The third kappa shape index (κ3) is 2.29. The van der Waals surface area contributed by atoms with Gasteiger partial charge < -0.3 is 9.15 Å². The van der Waals surface area contributed by atoms with E-state index in [1.54, 1.807) is 18.2 Å². The third-order valence-corrected chi connectivity index (χ3v) is 3.49. The molecule has 4 nitrogen and oxygen atoms in total. The normalized spacial score (nSPS) is 17.9. The van der Waals surface area contributed by atoms with E-state index in [0.29, 0.717) is 17.1 Å². The molecule has 0 atom stereocenters. The molecule has 106 valence electrons. The van der Waals surface area contributed by atoms with E-state index in [-0.39, 0.29) is 17.1 Å². The Bertz CT molecular complexity index is 712. The molecule has 0 bridgehead atoms. The van der Waals surface area contributed by atoms with Gasteiger partial charge in [-0.1, -0.05) is 12.2 Å². The Morgan fingerprint density at radius 3 is 2.71 bits per heavy atom. The molecule has 0 saturated heterocycles. The van der Waals surface area contributed by atoms with Gasteiger partial charge in [-0.25, -0.2) is 0 Å². The maximum atomic E-state index is 12.4. The van der Waals surface area contributed by atoms with Crippen molar-refractivity contribution in [1.82, 2.24) is 0 Å². The molecule has 0 spiro atoms. The summed E-state index contributed by atoms with van der Waals surface area (Å²) < 4.78 is 10.4. The molecule has 1 aromatic heterocycles. The summed E-state index contributed by atoms with van der Waals surface area (Å²) in [5, 5.41) is 0. The second-order valence-corrected chi connectivity index (χ2v) is 4.76. The molecule has 21 heavy (non-hydrogen) atoms. The number of methoxy groups -OCH3 is 1. The Morgan fingerprint density at radius 1 is 1.29 bits per heavy atom. The van der Waals surface area contributed by atoms with Gasteiger partial charge in [0.2, 0.25) is 5.78 Å². The van der Waals surface area contributed by atoms with Crippen molar-refractivity contribution in [2.24, 2.45) is 0 Å². The lowest BCUT2D eigenvalue weighted by Crippen LogP contribution is -2.09. The summed E-state index contributed by atoms with van der Waals surface area (Å²) in [6.45, 7) is 0. The monoisotopic (exact) mass is 282 g/mol. The first-order valence-electron chi connectivity index (χ1n) is 6.72. The van der Waals surface area contributed by atoms with Crippen LogP contribution in [0.3, 0.4) is 0 Å². The molecule has 4 heteroatoms. The van der Waals surface area contributed by atoms with Crippen LogP contribution in [0.4, 0.5) is 0 Å². The summed E-state index contributed by atoms with van der Waals surface area (Å²) in [5.74, 6) is 0.306. The first-order valence-corrected chi connectivity index (χ1v) is 6.72. The van der Waals surface area contributed by atoms with Crippen LogP contribution in [0.5, 0.6) is 0 Å². The van der Waals surface area contributed by atoms with Crippen LogP contribution in [0, 0.1) is 0 Å². The van der Waals surface area contributed by atoms with Gasteiger partial charge in [0.1, 0.15) is 17.1 Å². The lowest BCUT2D eigenvalue weighted by atomic mass is 9.98. The fraction of sp³-hybridized carbons (Fsp3) is 0.176. The zero-order chi connectivity index (χ0) is 14.8. The number of hydrogen-bond acceptors (Lipinski definition) is 4. The van der Waals surface area contributed by atoms with Crippen molar-refractivity contribution in [3.8, 4) is 0 Å². The summed E-state index contributed by atoms with van der Waals surface area (Å²) in [7, 11) is 1.48. The average Bonchev–Trinajstić information content (AvgIpc) is 3.11. The number of carbonyl (C=O) groups is 2. The van der Waals surface area contributed by atoms with Crippen LogP contribution in [0.15, 0.2) is 63.5 Å². The molecule has 2 aliphatic rings. The highest BCUT2D eigenvalue weighted by Crippen LogP contribution is 2.37. The molecule has 0 amide bonds. The van der Waals surface area contributed by atoms with Crippen molar-refractivity contribution in [2.75, 3.05) is 7.11 Å². The number of Topliss-reactive ketones (excluding diaryl/α,β-unsaturated/α-hetero) is 1. The quantitative estimate of drug-likeness (QED) is 0.629. The molecule has 0 aliphatic heterocycles. The van der Waals surface area contributed by atoms with Crippen LogP contribution in [-0.2, 0) is 14.3 Å². The van der Waals surface area contributed by atoms with E-state index in [2.05, 4.69) is 0 Å². The van der Waals surface area contributed by atoms with Crippen molar-refractivity contribution in [2.45, 2.75) is 12.8 Å². The van der Waals surface area contributed by atoms with Gasteiger partial charge in [-0.05, 0) is 37.1 Å². The topological polar surface area (TPSA) is 56.5 Å². The number of fused-ring (bicyclic) bond motifs is 1. The van der Waals surface area contributed by atoms with Crippen molar-refractivity contribution < 1.29 is 18.7 Å². The van der Waals surface area contributed by atoms with Gasteiger partial charge in [-0.15, -0.1) is 0 Å². The van der Waals surface area contributed by atoms with E-state index < -0.39 is 0 Å². The van der Waals surface area contributed by atoms with E-state index in [0.717, 1.165) is 18.4 Å². The zero-order valence-electron chi connectivity index (χ0n) is 11.6. The molecule has 0 aromatic carbocycles. The number of allylic oxidation sites excluding steroid dienone is 5. The number of ether oxygens (including phenoxy) is 1. The predicted molar refractivity (Wildman–Crippen MR) is 77.2 cm³/mol. The molecule has 3 rings (SSSR count). The van der Waals surface area contributed by atoms with Gasteiger partial charge >= 0.3 is 0 Å². The molecule has 0 unspecified atom stereocenters. The number of ketones is 2. The van der Waals surface area contributed by atoms with Crippen molar-refractivity contribution in [3.05, 3.63) is 64.9 Å². The Kier molecular flexibility index (Phi) is 3.44. The minimum absolute atomic E-state index is 0.0970. The second kappa shape index (κ2) is 5.40. The summed E-state index contributed by atoms with van der Waals surface area (Å²) in [6.07, 6.45) is 9.88. The Hall–Kier alpha value is -2.62. The summed E-state index contributed by atoms with van der Waals surface area (Å²) in [4.78, 5) is 24.7. The van der Waals surface area contributed by atoms with Gasteiger partial charge in [0, 0.05) is 11.1 Å². The van der Waals surface area contributed by atoms with E-state index >= 15 is 0 Å². The highest BCUT2D eigenvalue weighted by atomic mass is 16.5. The highest BCUT2D eigenvalue weighted by Gasteiger charge is 2.37. The summed E-state index contributed by atoms with van der Waals surface area (Å²) >= 11 is 0. The first-order chi connectivity index (χ1) is 10.2. The van der Waals surface area contributed by atoms with Gasteiger partial charge in [0.25, 0.3) is 0 Å². The van der Waals surface area contributed by atoms with Gasteiger partial charge in [0.05, 0.1) is 13.4 Å². The van der Waals surface area contributed by atoms with Crippen LogP contribution in [0.25, 0.3) is 6.08 Å². The number of rotatable bonds is 4. The molecule has 1 heterocycles. The van der Waals surface area contributed by atoms with E-state index in [1.807, 2.05) is 12.2 Å². The van der Waals surface area contributed by atoms with Crippen molar-refractivity contribution in [1.29, 1.82) is 0 Å². The Morgan fingerprint density at radius 2 is 2.05 bits per heavy atom. The Balaban J connectivity index is 1.95. The lowest BCUT2D eigenvalue weighted by Gasteiger charge is -2.08. The number of carbonyl (C=O) groups excluding carboxylic acids is 2. The smallest absolute Gasteiger partial charge is 0.201 e. The average molecular weight is 282 g/mol. The van der Waals surface area contributed by atoms with Crippen LogP contribution < -0.4 is 0 Å². The van der Waals surface area contributed by atoms with Gasteiger partial charge in [-0.3, -0.25) is 9.59 Å². The van der Waals surface area contributed by atoms with Crippen LogP contribution in [-0.4, -0.2) is 18.7 Å². The maximum Gasteiger partial charge on any atom is 0.201 e. The number of furan rings is 1. The molecule has 0 radical (unpaired) electrons. The molecule has 1 aromatic rings. The molecule has 0 N–H and O–H groups in total. The molecular weight excluding hydrogens is 268 g/mol. The SMILES string of the molecule is COC1=C(C(=O)/C=C/c2ccco2)C(=O)C2=CCCC=C21. The van der Waals surface area contributed by atoms with Gasteiger partial charge in [0.15, 0.2) is 5.78 Å². The Labute approximate surface area is 122 Å². The molecule has 0 fully saturated rings. The fourth-order valence-corrected chi connectivity index (χ4v) is 2.54. The second-order valence-electron chi connectivity index (χ2n) is 4.76. The maximum absolute atomic E-state index is 12.4. The largest absolute Gasteiger partial charge is 0.495 e. The van der Waals surface area contributed by atoms with Crippen LogP contribution in [0.1, 0.15) is 18.6 Å². The van der Waals surface area contributed by atoms with Crippen LogP contribution >= 0.6 is 0 Å². The summed E-state index contributed by atoms with van der Waals surface area (Å²) in [6, 6.07) is 3.46. The molecular formula is C17H14O4. The first kappa shape index (κ1) is 13.4. The van der Waals surface area contributed by atoms with E-state index in [9.17, 15) is 9.59 Å². The third-order valence-electron chi connectivity index (χ3n) is 3.49. The van der Waals surface area contributed by atoms with Gasteiger partial charge in [-0.2, -0.15) is 0 Å². The summed E-state index contributed by atoms with van der Waals surface area (Å²) in [5.41, 5.74) is 1.41. The standard InChI is InChI=1S/C17H14O4/c1-20-17-13-7-3-2-6-12(13)16(19)15(17)14(18)9-8-11-5-4-10-21-11/h4-10H,2-3H2,1H3/b9-8+. The zero-order valence-corrected chi connectivity index (χ0v) is 11.6. The lowest BCUT2D eigenvalue weighted by molar-refractivity contribution is -0.117. The minimum Gasteiger partial charge on any atom is -0.495 e.